The fourth-order valence-electron chi connectivity index (χ4n) is 4.84. The van der Waals surface area contributed by atoms with Crippen molar-refractivity contribution in [1.29, 1.82) is 0 Å². The molecule has 2 heterocycles. The minimum absolute atomic E-state index is 0.169. The SMILES string of the molecule is CCCNC(=O)N(CCN1CCOCC1)CC(=O)N1N=C(c2ccccc2F)CC1c1ccc(OC)c(OC)c1. The van der Waals surface area contributed by atoms with E-state index in [2.05, 4.69) is 15.3 Å². The van der Waals surface area contributed by atoms with Gasteiger partial charge < -0.3 is 24.4 Å². The summed E-state index contributed by atoms with van der Waals surface area (Å²) in [7, 11) is 3.10. The highest BCUT2D eigenvalue weighted by Crippen LogP contribution is 2.37. The van der Waals surface area contributed by atoms with Gasteiger partial charge in [-0.2, -0.15) is 5.10 Å². The number of nitrogens with zero attached hydrogens (tertiary/aromatic N) is 4. The summed E-state index contributed by atoms with van der Waals surface area (Å²) < 4.78 is 31.0. The monoisotopic (exact) mass is 555 g/mol. The highest BCUT2D eigenvalue weighted by molar-refractivity contribution is 6.03. The van der Waals surface area contributed by atoms with Crippen LogP contribution in [0.3, 0.4) is 0 Å². The van der Waals surface area contributed by atoms with E-state index in [0.717, 1.165) is 25.1 Å². The lowest BCUT2D eigenvalue weighted by Gasteiger charge is -2.31. The fraction of sp³-hybridized carbons (Fsp3) is 0.483. The zero-order valence-electron chi connectivity index (χ0n) is 23.4. The van der Waals surface area contributed by atoms with Gasteiger partial charge in [0.05, 0.1) is 39.2 Å². The predicted octanol–water partition coefficient (Wildman–Crippen LogP) is 3.27. The summed E-state index contributed by atoms with van der Waals surface area (Å²) in [5.41, 5.74) is 1.56. The summed E-state index contributed by atoms with van der Waals surface area (Å²) in [5, 5.41) is 8.86. The molecule has 216 valence electrons. The van der Waals surface area contributed by atoms with Gasteiger partial charge in [-0.25, -0.2) is 14.2 Å². The topological polar surface area (TPSA) is 95.9 Å². The minimum Gasteiger partial charge on any atom is -0.493 e. The van der Waals surface area contributed by atoms with E-state index in [1.54, 1.807) is 44.6 Å². The zero-order chi connectivity index (χ0) is 28.5. The fourth-order valence-corrected chi connectivity index (χ4v) is 4.84. The molecule has 3 amide bonds. The van der Waals surface area contributed by atoms with E-state index in [-0.39, 0.29) is 18.5 Å². The van der Waals surface area contributed by atoms with Crippen LogP contribution in [0.5, 0.6) is 11.5 Å². The Morgan fingerprint density at radius 1 is 1.12 bits per heavy atom. The number of ether oxygens (including phenoxy) is 3. The van der Waals surface area contributed by atoms with Gasteiger partial charge >= 0.3 is 6.03 Å². The summed E-state index contributed by atoms with van der Waals surface area (Å²) in [6.45, 7) is 6.17. The third-order valence-corrected chi connectivity index (χ3v) is 7.07. The van der Waals surface area contributed by atoms with E-state index < -0.39 is 11.9 Å². The quantitative estimate of drug-likeness (QED) is 0.457. The lowest BCUT2D eigenvalue weighted by Crippen LogP contribution is -2.49. The summed E-state index contributed by atoms with van der Waals surface area (Å²) in [5.74, 6) is 0.296. The van der Waals surface area contributed by atoms with Crippen molar-refractivity contribution < 1.29 is 28.2 Å². The molecule has 2 aromatic carbocycles. The van der Waals surface area contributed by atoms with Crippen LogP contribution in [0.25, 0.3) is 0 Å². The van der Waals surface area contributed by atoms with Crippen LogP contribution in [-0.4, -0.2) is 99.2 Å². The highest BCUT2D eigenvalue weighted by atomic mass is 19.1. The van der Waals surface area contributed by atoms with Crippen molar-refractivity contribution in [3.63, 3.8) is 0 Å². The Bertz CT molecular complexity index is 1200. The normalized spacial score (nSPS) is 17.4. The zero-order valence-corrected chi connectivity index (χ0v) is 23.4. The van der Waals surface area contributed by atoms with Crippen LogP contribution in [0.2, 0.25) is 0 Å². The van der Waals surface area contributed by atoms with E-state index in [4.69, 9.17) is 14.2 Å². The molecule has 1 saturated heterocycles. The van der Waals surface area contributed by atoms with Gasteiger partial charge in [-0.3, -0.25) is 9.69 Å². The van der Waals surface area contributed by atoms with Crippen LogP contribution < -0.4 is 14.8 Å². The first-order valence-electron chi connectivity index (χ1n) is 13.6. The van der Waals surface area contributed by atoms with E-state index in [0.29, 0.717) is 62.0 Å². The van der Waals surface area contributed by atoms with Gasteiger partial charge in [0.25, 0.3) is 5.91 Å². The molecule has 10 nitrogen and oxygen atoms in total. The molecule has 0 bridgehead atoms. The Labute approximate surface area is 234 Å². The maximum atomic E-state index is 14.7. The molecule has 1 fully saturated rings. The van der Waals surface area contributed by atoms with Gasteiger partial charge in [0, 0.05) is 44.7 Å². The molecule has 0 aromatic heterocycles. The highest BCUT2D eigenvalue weighted by Gasteiger charge is 2.35. The smallest absolute Gasteiger partial charge is 0.317 e. The molecule has 1 unspecified atom stereocenters. The molecule has 1 atom stereocenters. The van der Waals surface area contributed by atoms with E-state index in [1.165, 1.54) is 16.0 Å². The molecule has 2 aliphatic rings. The average molecular weight is 556 g/mol. The van der Waals surface area contributed by atoms with E-state index in [1.807, 2.05) is 13.0 Å². The van der Waals surface area contributed by atoms with Gasteiger partial charge in [0.1, 0.15) is 12.4 Å². The third kappa shape index (κ3) is 7.08. The second kappa shape index (κ2) is 14.1. The van der Waals surface area contributed by atoms with Gasteiger partial charge in [-0.15, -0.1) is 0 Å². The number of amides is 3. The van der Waals surface area contributed by atoms with Crippen LogP contribution in [0.4, 0.5) is 9.18 Å². The van der Waals surface area contributed by atoms with Gasteiger partial charge in [0.15, 0.2) is 11.5 Å². The van der Waals surface area contributed by atoms with Crippen molar-refractivity contribution in [3.8, 4) is 11.5 Å². The lowest BCUT2D eigenvalue weighted by atomic mass is 9.97. The molecule has 0 saturated carbocycles. The number of carbonyl (C=O) groups is 2. The van der Waals surface area contributed by atoms with Gasteiger partial charge in [0.2, 0.25) is 0 Å². The van der Waals surface area contributed by atoms with E-state index >= 15 is 0 Å². The molecule has 11 heteroatoms. The summed E-state index contributed by atoms with van der Waals surface area (Å²) >= 11 is 0. The summed E-state index contributed by atoms with van der Waals surface area (Å²) in [6, 6.07) is 11.0. The molecular formula is C29H38FN5O5. The molecule has 0 radical (unpaired) electrons. The predicted molar refractivity (Wildman–Crippen MR) is 149 cm³/mol. The van der Waals surface area contributed by atoms with Crippen LogP contribution in [-0.2, 0) is 9.53 Å². The number of halogens is 1. The average Bonchev–Trinajstić information content (AvgIpc) is 3.43. The molecule has 40 heavy (non-hydrogen) atoms. The standard InChI is InChI=1S/C29H38FN5O5/c1-4-11-31-29(37)34(13-12-33-14-16-40-17-15-33)20-28(36)35-25(21-9-10-26(38-2)27(18-21)39-3)19-24(32-35)22-7-5-6-8-23(22)30/h5-10,18,25H,4,11-17,19-20H2,1-3H3,(H,31,37). The van der Waals surface area contributed by atoms with Crippen molar-refractivity contribution in [3.05, 3.63) is 59.4 Å². The van der Waals surface area contributed by atoms with Crippen molar-refractivity contribution in [1.82, 2.24) is 20.1 Å². The number of hydrogen-bond donors (Lipinski definition) is 1. The summed E-state index contributed by atoms with van der Waals surface area (Å²) in [4.78, 5) is 30.6. The Morgan fingerprint density at radius 2 is 1.88 bits per heavy atom. The van der Waals surface area contributed by atoms with Crippen LogP contribution in [0.1, 0.15) is 36.9 Å². The van der Waals surface area contributed by atoms with Gasteiger partial charge in [-0.1, -0.05) is 31.2 Å². The maximum Gasteiger partial charge on any atom is 0.317 e. The molecule has 4 rings (SSSR count). The molecule has 0 spiro atoms. The first kappa shape index (κ1) is 29.3. The number of benzene rings is 2. The molecular weight excluding hydrogens is 517 g/mol. The van der Waals surface area contributed by atoms with Crippen LogP contribution >= 0.6 is 0 Å². The molecule has 1 N–H and O–H groups in total. The number of carbonyl (C=O) groups excluding carboxylic acids is 2. The van der Waals surface area contributed by atoms with Crippen molar-refractivity contribution in [2.24, 2.45) is 5.10 Å². The number of hydrogen-bond acceptors (Lipinski definition) is 7. The Morgan fingerprint density at radius 3 is 2.58 bits per heavy atom. The Kier molecular flexibility index (Phi) is 10.3. The van der Waals surface area contributed by atoms with Crippen molar-refractivity contribution in [2.45, 2.75) is 25.8 Å². The maximum absolute atomic E-state index is 14.7. The second-order valence-corrected chi connectivity index (χ2v) is 9.71. The minimum atomic E-state index is -0.512. The first-order valence-corrected chi connectivity index (χ1v) is 13.6. The number of rotatable bonds is 11. The Balaban J connectivity index is 1.60. The second-order valence-electron chi connectivity index (χ2n) is 9.71. The number of nitrogens with one attached hydrogen (secondary N) is 1. The largest absolute Gasteiger partial charge is 0.493 e. The lowest BCUT2D eigenvalue weighted by molar-refractivity contribution is -0.133. The van der Waals surface area contributed by atoms with Crippen molar-refractivity contribution in [2.75, 3.05) is 66.7 Å². The van der Waals surface area contributed by atoms with E-state index in [9.17, 15) is 14.0 Å². The number of hydrazone groups is 1. The number of urea groups is 1. The third-order valence-electron chi connectivity index (χ3n) is 7.07. The molecule has 0 aliphatic carbocycles. The number of methoxy groups -OCH3 is 2. The van der Waals surface area contributed by atoms with Crippen LogP contribution in [0, 0.1) is 5.82 Å². The molecule has 2 aliphatic heterocycles. The van der Waals surface area contributed by atoms with Gasteiger partial charge in [-0.05, 0) is 30.2 Å². The molecule has 2 aromatic rings. The Hall–Kier alpha value is -3.70. The van der Waals surface area contributed by atoms with Crippen LogP contribution in [0.15, 0.2) is 47.6 Å². The number of morpholine rings is 1. The van der Waals surface area contributed by atoms with Crippen molar-refractivity contribution >= 4 is 17.6 Å². The first-order chi connectivity index (χ1) is 19.4. The summed E-state index contributed by atoms with van der Waals surface area (Å²) in [6.07, 6.45) is 1.08.